The van der Waals surface area contributed by atoms with Gasteiger partial charge in [-0.25, -0.2) is 0 Å². The van der Waals surface area contributed by atoms with Gasteiger partial charge in [0.2, 0.25) is 0 Å². The van der Waals surface area contributed by atoms with Crippen molar-refractivity contribution < 1.29 is 0 Å². The number of nitrogens with zero attached hydrogens (tertiary/aromatic N) is 2. The van der Waals surface area contributed by atoms with Crippen LogP contribution in [0.5, 0.6) is 0 Å². The molecule has 2 rings (SSSR count). The molecular weight excluding hydrogens is 242 g/mol. The van der Waals surface area contributed by atoms with Gasteiger partial charge in [0.1, 0.15) is 5.03 Å². The Morgan fingerprint density at radius 1 is 1.33 bits per heavy atom. The van der Waals surface area contributed by atoms with Gasteiger partial charge < -0.3 is 5.32 Å². The average molecular weight is 261 g/mol. The third-order valence-electron chi connectivity index (χ3n) is 2.85. The van der Waals surface area contributed by atoms with E-state index >= 15 is 0 Å². The van der Waals surface area contributed by atoms with Crippen LogP contribution in [-0.2, 0) is 13.6 Å². The highest BCUT2D eigenvalue weighted by molar-refractivity contribution is 7.99. The smallest absolute Gasteiger partial charge is 0.103 e. The quantitative estimate of drug-likeness (QED) is 0.918. The average Bonchev–Trinajstić information content (AvgIpc) is 2.57. The molecule has 0 atom stereocenters. The zero-order valence-corrected chi connectivity index (χ0v) is 12.1. The number of hydrogen-bond donors (Lipinski definition) is 1. The number of aromatic nitrogens is 2. The lowest BCUT2D eigenvalue weighted by molar-refractivity contribution is 0.684. The normalized spacial score (nSPS) is 10.9. The molecule has 0 aliphatic carbocycles. The maximum atomic E-state index is 4.50. The predicted molar refractivity (Wildman–Crippen MR) is 76.0 cm³/mol. The van der Waals surface area contributed by atoms with E-state index in [9.17, 15) is 0 Å². The fraction of sp³-hybridized carbons (Fsp3) is 0.357. The van der Waals surface area contributed by atoms with E-state index in [1.807, 2.05) is 18.8 Å². The third kappa shape index (κ3) is 2.76. The predicted octanol–water partition coefficient (Wildman–Crippen LogP) is 2.91. The maximum Gasteiger partial charge on any atom is 0.103 e. The molecule has 1 aromatic carbocycles. The molecule has 0 fully saturated rings. The van der Waals surface area contributed by atoms with Crippen molar-refractivity contribution in [3.63, 3.8) is 0 Å². The van der Waals surface area contributed by atoms with Crippen molar-refractivity contribution in [3.8, 4) is 0 Å². The Bertz CT molecular complexity index is 546. The van der Waals surface area contributed by atoms with Gasteiger partial charge in [-0.3, -0.25) is 4.68 Å². The molecule has 0 spiro atoms. The largest absolute Gasteiger partial charge is 0.316 e. The van der Waals surface area contributed by atoms with E-state index in [4.69, 9.17) is 0 Å². The topological polar surface area (TPSA) is 29.9 Å². The van der Waals surface area contributed by atoms with Gasteiger partial charge in [0.25, 0.3) is 0 Å². The van der Waals surface area contributed by atoms with Crippen LogP contribution in [0.4, 0.5) is 0 Å². The van der Waals surface area contributed by atoms with E-state index < -0.39 is 0 Å². The van der Waals surface area contributed by atoms with Crippen molar-refractivity contribution in [2.45, 2.75) is 30.3 Å². The monoisotopic (exact) mass is 261 g/mol. The number of rotatable bonds is 4. The van der Waals surface area contributed by atoms with Gasteiger partial charge in [-0.15, -0.1) is 0 Å². The minimum atomic E-state index is 0.855. The number of nitrogens with one attached hydrogen (secondary N) is 1. The molecule has 0 aliphatic heterocycles. The van der Waals surface area contributed by atoms with Crippen molar-refractivity contribution in [2.24, 2.45) is 7.05 Å². The van der Waals surface area contributed by atoms with Gasteiger partial charge in [-0.2, -0.15) is 5.10 Å². The highest BCUT2D eigenvalue weighted by atomic mass is 32.2. The summed E-state index contributed by atoms with van der Waals surface area (Å²) in [6, 6.07) is 8.56. The van der Waals surface area contributed by atoms with Crippen LogP contribution in [0.15, 0.2) is 34.2 Å². The fourth-order valence-corrected chi connectivity index (χ4v) is 3.11. The van der Waals surface area contributed by atoms with Crippen LogP contribution in [-0.4, -0.2) is 16.8 Å². The summed E-state index contributed by atoms with van der Waals surface area (Å²) in [5.41, 5.74) is 3.67. The Balaban J connectivity index is 2.33. The second-order valence-corrected chi connectivity index (χ2v) is 5.50. The van der Waals surface area contributed by atoms with Crippen LogP contribution in [0.2, 0.25) is 0 Å². The number of aryl methyl sites for hydroxylation is 3. The number of hydrogen-bond acceptors (Lipinski definition) is 3. The zero-order chi connectivity index (χ0) is 13.1. The van der Waals surface area contributed by atoms with Gasteiger partial charge in [-0.05, 0) is 33.0 Å². The first-order valence-electron chi connectivity index (χ1n) is 6.03. The Kier molecular flexibility index (Phi) is 4.09. The highest BCUT2D eigenvalue weighted by Crippen LogP contribution is 2.31. The third-order valence-corrected chi connectivity index (χ3v) is 4.04. The van der Waals surface area contributed by atoms with Crippen LogP contribution < -0.4 is 5.32 Å². The highest BCUT2D eigenvalue weighted by Gasteiger charge is 2.13. The molecule has 0 saturated carbocycles. The van der Waals surface area contributed by atoms with E-state index in [1.54, 1.807) is 11.8 Å². The Hall–Kier alpha value is -1.26. The molecule has 1 aromatic heterocycles. The summed E-state index contributed by atoms with van der Waals surface area (Å²) >= 11 is 1.78. The van der Waals surface area contributed by atoms with Crippen molar-refractivity contribution in [1.82, 2.24) is 15.1 Å². The minimum absolute atomic E-state index is 0.855. The molecule has 18 heavy (non-hydrogen) atoms. The molecule has 96 valence electrons. The van der Waals surface area contributed by atoms with E-state index in [0.717, 1.165) is 12.2 Å². The Morgan fingerprint density at radius 2 is 2.11 bits per heavy atom. The van der Waals surface area contributed by atoms with E-state index in [1.165, 1.54) is 21.0 Å². The number of benzene rings is 1. The van der Waals surface area contributed by atoms with Gasteiger partial charge >= 0.3 is 0 Å². The second kappa shape index (κ2) is 5.59. The lowest BCUT2D eigenvalue weighted by Gasteiger charge is -2.06. The van der Waals surface area contributed by atoms with Crippen LogP contribution >= 0.6 is 11.8 Å². The summed E-state index contributed by atoms with van der Waals surface area (Å²) < 4.78 is 1.97. The fourth-order valence-electron chi connectivity index (χ4n) is 1.98. The Labute approximate surface area is 113 Å². The SMILES string of the molecule is CNCc1c(C)nn(C)c1Sc1cccc(C)c1. The molecule has 0 amide bonds. The lowest BCUT2D eigenvalue weighted by Crippen LogP contribution is -2.06. The van der Waals surface area contributed by atoms with Gasteiger partial charge in [0.15, 0.2) is 0 Å². The van der Waals surface area contributed by atoms with E-state index in [0.29, 0.717) is 0 Å². The second-order valence-electron chi connectivity index (χ2n) is 4.44. The summed E-state index contributed by atoms with van der Waals surface area (Å²) in [7, 11) is 3.97. The van der Waals surface area contributed by atoms with Crippen LogP contribution in [0.25, 0.3) is 0 Å². The zero-order valence-electron chi connectivity index (χ0n) is 11.3. The van der Waals surface area contributed by atoms with Crippen LogP contribution in [0.3, 0.4) is 0 Å². The summed E-state index contributed by atoms with van der Waals surface area (Å²) in [6.07, 6.45) is 0. The van der Waals surface area contributed by atoms with Crippen molar-refractivity contribution in [3.05, 3.63) is 41.1 Å². The summed E-state index contributed by atoms with van der Waals surface area (Å²) in [5.74, 6) is 0. The first-order chi connectivity index (χ1) is 8.61. The van der Waals surface area contributed by atoms with Crippen LogP contribution in [0.1, 0.15) is 16.8 Å². The van der Waals surface area contributed by atoms with Gasteiger partial charge in [-0.1, -0.05) is 29.5 Å². The van der Waals surface area contributed by atoms with Gasteiger partial charge in [0.05, 0.1) is 5.69 Å². The van der Waals surface area contributed by atoms with Gasteiger partial charge in [0, 0.05) is 24.1 Å². The van der Waals surface area contributed by atoms with Crippen molar-refractivity contribution in [1.29, 1.82) is 0 Å². The molecule has 3 nitrogen and oxygen atoms in total. The van der Waals surface area contributed by atoms with E-state index in [2.05, 4.69) is 48.5 Å². The lowest BCUT2D eigenvalue weighted by atomic mass is 10.2. The van der Waals surface area contributed by atoms with Crippen LogP contribution in [0, 0.1) is 13.8 Å². The molecule has 0 aliphatic rings. The molecule has 2 aromatic rings. The van der Waals surface area contributed by atoms with Crippen molar-refractivity contribution in [2.75, 3.05) is 7.05 Å². The van der Waals surface area contributed by atoms with Crippen molar-refractivity contribution >= 4 is 11.8 Å². The summed E-state index contributed by atoms with van der Waals surface area (Å²) in [5, 5.41) is 8.93. The molecule has 1 N–H and O–H groups in total. The standard InChI is InChI=1S/C14H19N3S/c1-10-6-5-7-12(8-10)18-14-13(9-15-3)11(2)16-17(14)4/h5-8,15H,9H2,1-4H3. The molecule has 4 heteroatoms. The molecule has 0 radical (unpaired) electrons. The Morgan fingerprint density at radius 3 is 2.78 bits per heavy atom. The van der Waals surface area contributed by atoms with E-state index in [-0.39, 0.29) is 0 Å². The molecule has 1 heterocycles. The first-order valence-corrected chi connectivity index (χ1v) is 6.85. The molecule has 0 bridgehead atoms. The summed E-state index contributed by atoms with van der Waals surface area (Å²) in [4.78, 5) is 1.26. The maximum absolute atomic E-state index is 4.50. The molecular formula is C14H19N3S. The molecule has 0 saturated heterocycles. The molecule has 0 unspecified atom stereocenters. The minimum Gasteiger partial charge on any atom is -0.316 e. The first kappa shape index (κ1) is 13.2. The summed E-state index contributed by atoms with van der Waals surface area (Å²) in [6.45, 7) is 5.04.